The molecule has 1 rings (SSSR count). The highest BCUT2D eigenvalue weighted by atomic mass is 32.2. The van der Waals surface area contributed by atoms with E-state index in [1.807, 2.05) is 0 Å². The lowest BCUT2D eigenvalue weighted by atomic mass is 10.2. The van der Waals surface area contributed by atoms with Gasteiger partial charge in [-0.3, -0.25) is 0 Å². The number of aliphatic hydroxyl groups excluding tert-OH is 1. The standard InChI is InChI=1S/C13H17NO4S/c1-18-11-5-9-14-19(16,17)13-8-3-2-6-12(13)7-4-10-15/h2-3,6,8,14-15H,5,9-11H2,1H3. The van der Waals surface area contributed by atoms with Crippen molar-refractivity contribution in [1.82, 2.24) is 4.72 Å². The largest absolute Gasteiger partial charge is 0.385 e. The van der Waals surface area contributed by atoms with Crippen LogP contribution in [-0.2, 0) is 14.8 Å². The Hall–Kier alpha value is -1.39. The molecule has 0 unspecified atom stereocenters. The minimum atomic E-state index is -3.59. The van der Waals surface area contributed by atoms with E-state index in [-0.39, 0.29) is 11.5 Å². The topological polar surface area (TPSA) is 75.6 Å². The van der Waals surface area contributed by atoms with Crippen molar-refractivity contribution in [3.8, 4) is 11.8 Å². The third kappa shape index (κ3) is 5.01. The third-order valence-electron chi connectivity index (χ3n) is 2.30. The van der Waals surface area contributed by atoms with E-state index in [2.05, 4.69) is 16.6 Å². The predicted molar refractivity (Wildman–Crippen MR) is 72.1 cm³/mol. The zero-order chi connectivity index (χ0) is 14.1. The number of rotatable bonds is 6. The molecule has 0 aliphatic carbocycles. The predicted octanol–water partition coefficient (Wildman–Crippen LogP) is 0.345. The van der Waals surface area contributed by atoms with Gasteiger partial charge in [0.2, 0.25) is 10.0 Å². The molecule has 5 nitrogen and oxygen atoms in total. The Morgan fingerprint density at radius 1 is 1.37 bits per heavy atom. The zero-order valence-corrected chi connectivity index (χ0v) is 11.5. The number of hydrogen-bond acceptors (Lipinski definition) is 4. The van der Waals surface area contributed by atoms with Gasteiger partial charge in [0, 0.05) is 25.8 Å². The minimum Gasteiger partial charge on any atom is -0.385 e. The van der Waals surface area contributed by atoms with Crippen molar-refractivity contribution >= 4 is 10.0 Å². The van der Waals surface area contributed by atoms with Crippen LogP contribution < -0.4 is 4.72 Å². The van der Waals surface area contributed by atoms with Gasteiger partial charge in [0.05, 0.1) is 4.90 Å². The first kappa shape index (κ1) is 15.7. The fourth-order valence-electron chi connectivity index (χ4n) is 1.44. The summed E-state index contributed by atoms with van der Waals surface area (Å²) < 4.78 is 31.5. The van der Waals surface area contributed by atoms with E-state index in [9.17, 15) is 8.42 Å². The number of ether oxygens (including phenoxy) is 1. The van der Waals surface area contributed by atoms with E-state index < -0.39 is 10.0 Å². The van der Waals surface area contributed by atoms with Crippen LogP contribution in [-0.4, -0.2) is 40.4 Å². The van der Waals surface area contributed by atoms with Crippen molar-refractivity contribution in [1.29, 1.82) is 0 Å². The summed E-state index contributed by atoms with van der Waals surface area (Å²) in [5.74, 6) is 5.07. The molecular weight excluding hydrogens is 266 g/mol. The molecule has 0 aromatic heterocycles. The summed E-state index contributed by atoms with van der Waals surface area (Å²) in [5, 5.41) is 8.67. The highest BCUT2D eigenvalue weighted by Gasteiger charge is 2.16. The Morgan fingerprint density at radius 2 is 2.11 bits per heavy atom. The summed E-state index contributed by atoms with van der Waals surface area (Å²) in [5.41, 5.74) is 0.371. The molecule has 0 bridgehead atoms. The number of methoxy groups -OCH3 is 1. The molecule has 0 radical (unpaired) electrons. The van der Waals surface area contributed by atoms with Crippen LogP contribution in [0.3, 0.4) is 0 Å². The van der Waals surface area contributed by atoms with Crippen molar-refractivity contribution in [2.75, 3.05) is 26.9 Å². The van der Waals surface area contributed by atoms with Gasteiger partial charge < -0.3 is 9.84 Å². The number of nitrogens with one attached hydrogen (secondary N) is 1. The van der Waals surface area contributed by atoms with Crippen LogP contribution in [0.25, 0.3) is 0 Å². The lowest BCUT2D eigenvalue weighted by Gasteiger charge is -2.08. The first-order valence-electron chi connectivity index (χ1n) is 5.79. The second-order valence-corrected chi connectivity index (χ2v) is 5.44. The molecule has 1 aromatic carbocycles. The van der Waals surface area contributed by atoms with Crippen LogP contribution in [0.4, 0.5) is 0 Å². The molecule has 2 N–H and O–H groups in total. The van der Waals surface area contributed by atoms with Crippen molar-refractivity contribution < 1.29 is 18.3 Å². The maximum Gasteiger partial charge on any atom is 0.241 e. The molecule has 104 valence electrons. The Labute approximate surface area is 113 Å². The molecule has 0 fully saturated rings. The lowest BCUT2D eigenvalue weighted by molar-refractivity contribution is 0.196. The maximum atomic E-state index is 12.1. The molecule has 1 aromatic rings. The van der Waals surface area contributed by atoms with Crippen molar-refractivity contribution in [2.45, 2.75) is 11.3 Å². The summed E-state index contributed by atoms with van der Waals surface area (Å²) in [6, 6.07) is 6.42. The van der Waals surface area contributed by atoms with Gasteiger partial charge in [0.25, 0.3) is 0 Å². The third-order valence-corrected chi connectivity index (χ3v) is 3.82. The van der Waals surface area contributed by atoms with Crippen molar-refractivity contribution in [2.24, 2.45) is 0 Å². The smallest absolute Gasteiger partial charge is 0.241 e. The molecule has 0 atom stereocenters. The molecule has 0 saturated heterocycles. The number of benzene rings is 1. The van der Waals surface area contributed by atoms with E-state index >= 15 is 0 Å². The van der Waals surface area contributed by atoms with Gasteiger partial charge in [-0.1, -0.05) is 24.0 Å². The van der Waals surface area contributed by atoms with Crippen LogP contribution in [0, 0.1) is 11.8 Å². The monoisotopic (exact) mass is 283 g/mol. The van der Waals surface area contributed by atoms with E-state index in [1.165, 1.54) is 6.07 Å². The normalized spacial score (nSPS) is 10.8. The Bertz CT molecular complexity index is 557. The van der Waals surface area contributed by atoms with Crippen LogP contribution in [0.2, 0.25) is 0 Å². The van der Waals surface area contributed by atoms with Gasteiger partial charge in [-0.05, 0) is 18.6 Å². The van der Waals surface area contributed by atoms with Gasteiger partial charge in [0.1, 0.15) is 6.61 Å². The quantitative estimate of drug-likeness (QED) is 0.583. The molecule has 0 spiro atoms. The van der Waals surface area contributed by atoms with Gasteiger partial charge in [0.15, 0.2) is 0 Å². The van der Waals surface area contributed by atoms with Gasteiger partial charge >= 0.3 is 0 Å². The summed E-state index contributed by atoms with van der Waals surface area (Å²) >= 11 is 0. The average Bonchev–Trinajstić information content (AvgIpc) is 2.41. The minimum absolute atomic E-state index is 0.119. The number of hydrogen-bond donors (Lipinski definition) is 2. The molecule has 6 heteroatoms. The van der Waals surface area contributed by atoms with E-state index in [0.717, 1.165) is 0 Å². The fraction of sp³-hybridized carbons (Fsp3) is 0.385. The fourth-order valence-corrected chi connectivity index (χ4v) is 2.67. The van der Waals surface area contributed by atoms with Gasteiger partial charge in [-0.25, -0.2) is 13.1 Å². The van der Waals surface area contributed by atoms with Gasteiger partial charge in [-0.15, -0.1) is 0 Å². The molecular formula is C13H17NO4S. The van der Waals surface area contributed by atoms with E-state index in [1.54, 1.807) is 25.3 Å². The van der Waals surface area contributed by atoms with E-state index in [0.29, 0.717) is 25.1 Å². The second-order valence-electron chi connectivity index (χ2n) is 3.70. The number of aliphatic hydroxyl groups is 1. The number of sulfonamides is 1. The molecule has 0 aliphatic heterocycles. The first-order chi connectivity index (χ1) is 9.11. The summed E-state index contributed by atoms with van der Waals surface area (Å²) in [4.78, 5) is 0.119. The molecule has 0 amide bonds. The maximum absolute atomic E-state index is 12.1. The van der Waals surface area contributed by atoms with Crippen molar-refractivity contribution in [3.05, 3.63) is 29.8 Å². The lowest BCUT2D eigenvalue weighted by Crippen LogP contribution is -2.26. The SMILES string of the molecule is COCCCNS(=O)(=O)c1ccccc1C#CCO. The van der Waals surface area contributed by atoms with Crippen LogP contribution in [0.15, 0.2) is 29.2 Å². The zero-order valence-electron chi connectivity index (χ0n) is 10.7. The van der Waals surface area contributed by atoms with Crippen LogP contribution in [0.5, 0.6) is 0 Å². The van der Waals surface area contributed by atoms with Crippen molar-refractivity contribution in [3.63, 3.8) is 0 Å². The Morgan fingerprint density at radius 3 is 2.79 bits per heavy atom. The van der Waals surface area contributed by atoms with Crippen LogP contribution in [0.1, 0.15) is 12.0 Å². The highest BCUT2D eigenvalue weighted by Crippen LogP contribution is 2.14. The van der Waals surface area contributed by atoms with Gasteiger partial charge in [-0.2, -0.15) is 0 Å². The summed E-state index contributed by atoms with van der Waals surface area (Å²) in [6.45, 7) is 0.488. The van der Waals surface area contributed by atoms with E-state index in [4.69, 9.17) is 9.84 Å². The average molecular weight is 283 g/mol. The molecule has 0 saturated carbocycles. The Balaban J connectivity index is 2.88. The molecule has 19 heavy (non-hydrogen) atoms. The summed E-state index contributed by atoms with van der Waals surface area (Å²) in [6.07, 6.45) is 0.597. The molecule has 0 aliphatic rings. The second kappa shape index (κ2) is 7.92. The highest BCUT2D eigenvalue weighted by molar-refractivity contribution is 7.89. The van der Waals surface area contributed by atoms with Crippen LogP contribution >= 0.6 is 0 Å². The molecule has 0 heterocycles. The summed E-state index contributed by atoms with van der Waals surface area (Å²) in [7, 11) is -2.03. The first-order valence-corrected chi connectivity index (χ1v) is 7.27. The Kier molecular flexibility index (Phi) is 6.53.